The lowest BCUT2D eigenvalue weighted by Gasteiger charge is -2.37. The van der Waals surface area contributed by atoms with Crippen molar-refractivity contribution < 1.29 is 18.8 Å². The molecular weight excluding hydrogens is 330 g/mol. The first-order valence-electron chi connectivity index (χ1n) is 8.16. The van der Waals surface area contributed by atoms with E-state index >= 15 is 0 Å². The number of thiophene rings is 1. The SMILES string of the molecule is O=C(CCc1nc(-c2cccs2)no1)N1CCC2(CC1)OCCO2. The van der Waals surface area contributed by atoms with Gasteiger partial charge in [0.05, 0.1) is 18.1 Å². The van der Waals surface area contributed by atoms with Gasteiger partial charge in [0.25, 0.3) is 0 Å². The largest absolute Gasteiger partial charge is 0.347 e. The van der Waals surface area contributed by atoms with E-state index < -0.39 is 5.79 Å². The molecule has 24 heavy (non-hydrogen) atoms. The van der Waals surface area contributed by atoms with E-state index in [-0.39, 0.29) is 5.91 Å². The Morgan fingerprint density at radius 2 is 2.08 bits per heavy atom. The molecule has 0 saturated carbocycles. The van der Waals surface area contributed by atoms with Gasteiger partial charge in [0, 0.05) is 38.8 Å². The van der Waals surface area contributed by atoms with Crippen LogP contribution in [0.3, 0.4) is 0 Å². The summed E-state index contributed by atoms with van der Waals surface area (Å²) in [5.41, 5.74) is 0. The lowest BCUT2D eigenvalue weighted by molar-refractivity contribution is -0.187. The molecule has 2 aliphatic heterocycles. The third-order valence-corrected chi connectivity index (χ3v) is 5.32. The van der Waals surface area contributed by atoms with Crippen LogP contribution in [0.25, 0.3) is 10.7 Å². The third-order valence-electron chi connectivity index (χ3n) is 4.45. The van der Waals surface area contributed by atoms with E-state index in [2.05, 4.69) is 10.1 Å². The number of nitrogens with zero attached hydrogens (tertiary/aromatic N) is 3. The Hall–Kier alpha value is -1.77. The van der Waals surface area contributed by atoms with Crippen molar-refractivity contribution in [1.82, 2.24) is 15.0 Å². The summed E-state index contributed by atoms with van der Waals surface area (Å²) in [6.07, 6.45) is 2.32. The van der Waals surface area contributed by atoms with Gasteiger partial charge in [-0.3, -0.25) is 4.79 Å². The number of aryl methyl sites for hydroxylation is 1. The Morgan fingerprint density at radius 1 is 1.29 bits per heavy atom. The molecule has 0 N–H and O–H groups in total. The topological polar surface area (TPSA) is 77.7 Å². The van der Waals surface area contributed by atoms with E-state index in [0.29, 0.717) is 50.9 Å². The summed E-state index contributed by atoms with van der Waals surface area (Å²) < 4.78 is 16.6. The number of amides is 1. The van der Waals surface area contributed by atoms with E-state index in [0.717, 1.165) is 17.7 Å². The lowest BCUT2D eigenvalue weighted by Crippen LogP contribution is -2.47. The minimum Gasteiger partial charge on any atom is -0.347 e. The van der Waals surface area contributed by atoms with Crippen LogP contribution in [0.15, 0.2) is 22.0 Å². The first-order valence-corrected chi connectivity index (χ1v) is 9.04. The van der Waals surface area contributed by atoms with E-state index in [1.165, 1.54) is 0 Å². The van der Waals surface area contributed by atoms with Crippen molar-refractivity contribution in [3.05, 3.63) is 23.4 Å². The molecule has 1 amide bonds. The highest BCUT2D eigenvalue weighted by Gasteiger charge is 2.40. The van der Waals surface area contributed by atoms with E-state index in [1.807, 2.05) is 22.4 Å². The maximum Gasteiger partial charge on any atom is 0.227 e. The number of carbonyl (C=O) groups is 1. The molecule has 0 aliphatic carbocycles. The van der Waals surface area contributed by atoms with Gasteiger partial charge in [-0.1, -0.05) is 11.2 Å². The molecule has 0 bridgehead atoms. The zero-order valence-corrected chi connectivity index (χ0v) is 14.1. The Morgan fingerprint density at radius 3 is 2.79 bits per heavy atom. The summed E-state index contributed by atoms with van der Waals surface area (Å²) >= 11 is 1.56. The number of likely N-dealkylation sites (tertiary alicyclic amines) is 1. The van der Waals surface area contributed by atoms with Crippen molar-refractivity contribution in [2.45, 2.75) is 31.5 Å². The highest BCUT2D eigenvalue weighted by molar-refractivity contribution is 7.13. The van der Waals surface area contributed by atoms with Crippen LogP contribution in [0.4, 0.5) is 0 Å². The highest BCUT2D eigenvalue weighted by Crippen LogP contribution is 2.31. The van der Waals surface area contributed by atoms with Gasteiger partial charge in [-0.25, -0.2) is 0 Å². The molecule has 128 valence electrons. The molecule has 2 saturated heterocycles. The van der Waals surface area contributed by atoms with Crippen LogP contribution in [0, 0.1) is 0 Å². The van der Waals surface area contributed by atoms with Crippen molar-refractivity contribution in [2.24, 2.45) is 0 Å². The molecule has 2 aromatic heterocycles. The monoisotopic (exact) mass is 349 g/mol. The number of hydrogen-bond donors (Lipinski definition) is 0. The van der Waals surface area contributed by atoms with Crippen molar-refractivity contribution in [1.29, 1.82) is 0 Å². The van der Waals surface area contributed by atoms with Crippen LogP contribution in [-0.2, 0) is 20.7 Å². The molecule has 0 atom stereocenters. The van der Waals surface area contributed by atoms with Crippen LogP contribution < -0.4 is 0 Å². The minimum atomic E-state index is -0.446. The molecule has 0 unspecified atom stereocenters. The van der Waals surface area contributed by atoms with Gasteiger partial charge < -0.3 is 18.9 Å². The fourth-order valence-electron chi connectivity index (χ4n) is 3.12. The summed E-state index contributed by atoms with van der Waals surface area (Å²) in [5.74, 6) is 0.753. The fourth-order valence-corrected chi connectivity index (χ4v) is 3.77. The fraction of sp³-hybridized carbons (Fsp3) is 0.562. The molecule has 0 aromatic carbocycles. The second-order valence-electron chi connectivity index (χ2n) is 5.98. The molecule has 8 heteroatoms. The molecule has 4 heterocycles. The summed E-state index contributed by atoms with van der Waals surface area (Å²) in [6.45, 7) is 2.64. The van der Waals surface area contributed by atoms with Gasteiger partial charge in [0.1, 0.15) is 0 Å². The lowest BCUT2D eigenvalue weighted by atomic mass is 10.0. The van der Waals surface area contributed by atoms with E-state index in [9.17, 15) is 4.79 Å². The standard InChI is InChI=1S/C16H19N3O4S/c20-14(19-7-5-16(6-8-19)21-9-10-22-16)4-3-13-17-15(18-23-13)12-2-1-11-24-12/h1-2,11H,3-10H2. The molecule has 7 nitrogen and oxygen atoms in total. The molecule has 2 aliphatic rings. The molecule has 1 spiro atoms. The van der Waals surface area contributed by atoms with Gasteiger partial charge >= 0.3 is 0 Å². The number of piperidine rings is 1. The normalized spacial score (nSPS) is 19.9. The van der Waals surface area contributed by atoms with Gasteiger partial charge in [0.2, 0.25) is 17.6 Å². The summed E-state index contributed by atoms with van der Waals surface area (Å²) in [4.78, 5) is 19.6. The molecular formula is C16H19N3O4S. The number of aromatic nitrogens is 2. The first-order chi connectivity index (χ1) is 11.7. The highest BCUT2D eigenvalue weighted by atomic mass is 32.1. The summed E-state index contributed by atoms with van der Waals surface area (Å²) in [6, 6.07) is 3.89. The quantitative estimate of drug-likeness (QED) is 0.841. The van der Waals surface area contributed by atoms with Gasteiger partial charge in [0.15, 0.2) is 5.79 Å². The molecule has 4 rings (SSSR count). The van der Waals surface area contributed by atoms with Crippen molar-refractivity contribution >= 4 is 17.2 Å². The second kappa shape index (κ2) is 6.62. The minimum absolute atomic E-state index is 0.110. The Kier molecular flexibility index (Phi) is 4.34. The van der Waals surface area contributed by atoms with Crippen LogP contribution in [-0.4, -0.2) is 53.0 Å². The zero-order chi connectivity index (χ0) is 16.4. The van der Waals surface area contributed by atoms with Crippen LogP contribution >= 0.6 is 11.3 Å². The third kappa shape index (κ3) is 3.22. The zero-order valence-electron chi connectivity index (χ0n) is 13.3. The second-order valence-corrected chi connectivity index (χ2v) is 6.93. The van der Waals surface area contributed by atoms with E-state index in [1.54, 1.807) is 11.3 Å². The van der Waals surface area contributed by atoms with E-state index in [4.69, 9.17) is 14.0 Å². The molecule has 2 fully saturated rings. The maximum absolute atomic E-state index is 12.4. The average Bonchev–Trinajstić information content (AvgIpc) is 3.35. The smallest absolute Gasteiger partial charge is 0.227 e. The van der Waals surface area contributed by atoms with Crippen LogP contribution in [0.5, 0.6) is 0 Å². The predicted octanol–water partition coefficient (Wildman–Crippen LogP) is 2.10. The number of ether oxygens (including phenoxy) is 2. The van der Waals surface area contributed by atoms with Crippen molar-refractivity contribution in [3.63, 3.8) is 0 Å². The predicted molar refractivity (Wildman–Crippen MR) is 86.4 cm³/mol. The molecule has 0 radical (unpaired) electrons. The number of rotatable bonds is 4. The molecule has 2 aromatic rings. The first kappa shape index (κ1) is 15.7. The van der Waals surface area contributed by atoms with Crippen LogP contribution in [0.2, 0.25) is 0 Å². The number of hydrogen-bond acceptors (Lipinski definition) is 7. The Balaban J connectivity index is 1.28. The van der Waals surface area contributed by atoms with Crippen molar-refractivity contribution in [2.75, 3.05) is 26.3 Å². The van der Waals surface area contributed by atoms with Gasteiger partial charge in [-0.05, 0) is 11.4 Å². The summed E-state index contributed by atoms with van der Waals surface area (Å²) in [5, 5.41) is 5.93. The van der Waals surface area contributed by atoms with Gasteiger partial charge in [-0.2, -0.15) is 4.98 Å². The Bertz CT molecular complexity index is 684. The maximum atomic E-state index is 12.4. The van der Waals surface area contributed by atoms with Crippen LogP contribution in [0.1, 0.15) is 25.2 Å². The Labute approximate surface area is 143 Å². The van der Waals surface area contributed by atoms with Gasteiger partial charge in [-0.15, -0.1) is 11.3 Å². The average molecular weight is 349 g/mol. The van der Waals surface area contributed by atoms with Crippen molar-refractivity contribution in [3.8, 4) is 10.7 Å². The number of carbonyl (C=O) groups excluding carboxylic acids is 1. The summed E-state index contributed by atoms with van der Waals surface area (Å²) in [7, 11) is 0.